The van der Waals surface area contributed by atoms with Gasteiger partial charge in [-0.3, -0.25) is 4.79 Å². The van der Waals surface area contributed by atoms with Gasteiger partial charge in [0.1, 0.15) is 11.9 Å². The highest BCUT2D eigenvalue weighted by Crippen LogP contribution is 2.26. The fourth-order valence-electron chi connectivity index (χ4n) is 3.62. The summed E-state index contributed by atoms with van der Waals surface area (Å²) in [5, 5.41) is 12.5. The van der Waals surface area contributed by atoms with Crippen LogP contribution >= 0.6 is 0 Å². The molecular formula is C24H21N5O. The summed E-state index contributed by atoms with van der Waals surface area (Å²) in [7, 11) is 0. The molecule has 1 amide bonds. The number of hydrogen-bond acceptors (Lipinski definition) is 3. The number of benzene rings is 2. The van der Waals surface area contributed by atoms with Gasteiger partial charge in [0.25, 0.3) is 0 Å². The molecule has 0 atom stereocenters. The van der Waals surface area contributed by atoms with Crippen molar-refractivity contribution < 1.29 is 4.79 Å². The van der Waals surface area contributed by atoms with Crippen LogP contribution in [0.5, 0.6) is 0 Å². The molecule has 0 bridgehead atoms. The van der Waals surface area contributed by atoms with Crippen molar-refractivity contribution in [2.45, 2.75) is 20.8 Å². The molecule has 0 aliphatic carbocycles. The number of amides is 1. The van der Waals surface area contributed by atoms with Gasteiger partial charge >= 0.3 is 0 Å². The minimum absolute atomic E-state index is 0.0990. The molecule has 2 N–H and O–H groups in total. The average molecular weight is 395 g/mol. The number of hydrogen-bond donors (Lipinski definition) is 2. The first-order valence-corrected chi connectivity index (χ1v) is 9.60. The predicted molar refractivity (Wildman–Crippen MR) is 119 cm³/mol. The van der Waals surface area contributed by atoms with Crippen LogP contribution in [0, 0.1) is 25.2 Å². The lowest BCUT2D eigenvalue weighted by Crippen LogP contribution is -2.06. The Balaban J connectivity index is 1.72. The van der Waals surface area contributed by atoms with E-state index in [2.05, 4.69) is 32.0 Å². The Kier molecular flexibility index (Phi) is 4.95. The number of aryl methyl sites for hydroxylation is 1. The Morgan fingerprint density at radius 1 is 1.17 bits per heavy atom. The molecule has 4 aromatic rings. The first-order valence-electron chi connectivity index (χ1n) is 9.60. The molecule has 30 heavy (non-hydrogen) atoms. The van der Waals surface area contributed by atoms with Crippen LogP contribution < -0.4 is 5.32 Å². The number of fused-ring (bicyclic) bond motifs is 1. The van der Waals surface area contributed by atoms with E-state index < -0.39 is 0 Å². The maximum Gasteiger partial charge on any atom is 0.221 e. The Bertz CT molecular complexity index is 1280. The first-order chi connectivity index (χ1) is 14.5. The lowest BCUT2D eigenvalue weighted by atomic mass is 10.1. The summed E-state index contributed by atoms with van der Waals surface area (Å²) in [6.07, 6.45) is 1.86. The van der Waals surface area contributed by atoms with Crippen LogP contribution in [-0.4, -0.2) is 20.4 Å². The predicted octanol–water partition coefficient (Wildman–Crippen LogP) is 4.99. The standard InChI is InChI=1S/C24H21N5O/c1-15-12-18(13-19(14-25)24-27-22-6-4-5-7-23(22)28-24)16(2)29(15)21-10-8-20(9-11-21)26-17(3)30/h4-13H,1-3H3,(H,26,30)(H,27,28)/b19-13+. The van der Waals surface area contributed by atoms with E-state index in [1.165, 1.54) is 6.92 Å². The quantitative estimate of drug-likeness (QED) is 0.477. The zero-order chi connectivity index (χ0) is 21.3. The third kappa shape index (κ3) is 3.61. The number of carbonyl (C=O) groups excluding carboxylic acids is 1. The van der Waals surface area contributed by atoms with Crippen molar-refractivity contribution in [3.8, 4) is 11.8 Å². The molecule has 0 fully saturated rings. The third-order valence-electron chi connectivity index (χ3n) is 4.98. The van der Waals surface area contributed by atoms with E-state index in [1.54, 1.807) is 0 Å². The molecule has 2 aromatic heterocycles. The first kappa shape index (κ1) is 19.2. The smallest absolute Gasteiger partial charge is 0.221 e. The Hall–Kier alpha value is -4.11. The summed E-state index contributed by atoms with van der Waals surface area (Å²) in [4.78, 5) is 19.0. The summed E-state index contributed by atoms with van der Waals surface area (Å²) in [6.45, 7) is 5.54. The van der Waals surface area contributed by atoms with Crippen LogP contribution in [0.4, 0.5) is 5.69 Å². The molecule has 148 valence electrons. The highest BCUT2D eigenvalue weighted by Gasteiger charge is 2.13. The number of nitrogens with one attached hydrogen (secondary N) is 2. The van der Waals surface area contributed by atoms with Gasteiger partial charge in [0.05, 0.1) is 16.6 Å². The Morgan fingerprint density at radius 3 is 2.57 bits per heavy atom. The van der Waals surface area contributed by atoms with Gasteiger partial charge in [0, 0.05) is 29.7 Å². The number of allylic oxidation sites excluding steroid dienone is 1. The zero-order valence-electron chi connectivity index (χ0n) is 17.0. The number of rotatable bonds is 4. The van der Waals surface area contributed by atoms with Gasteiger partial charge in [-0.2, -0.15) is 5.26 Å². The molecule has 2 aromatic carbocycles. The summed E-state index contributed by atoms with van der Waals surface area (Å²) in [5.41, 5.74) is 6.97. The monoisotopic (exact) mass is 395 g/mol. The second kappa shape index (κ2) is 7.72. The highest BCUT2D eigenvalue weighted by molar-refractivity contribution is 5.91. The van der Waals surface area contributed by atoms with Gasteiger partial charge in [0.15, 0.2) is 0 Å². The number of imidazole rings is 1. The van der Waals surface area contributed by atoms with Gasteiger partial charge in [-0.25, -0.2) is 4.98 Å². The van der Waals surface area contributed by atoms with Crippen molar-refractivity contribution in [1.29, 1.82) is 5.26 Å². The Labute approximate surface area is 174 Å². The highest BCUT2D eigenvalue weighted by atomic mass is 16.1. The molecule has 0 aliphatic heterocycles. The van der Waals surface area contributed by atoms with Crippen LogP contribution in [0.25, 0.3) is 28.4 Å². The summed E-state index contributed by atoms with van der Waals surface area (Å²) in [5.74, 6) is 0.460. The molecular weight excluding hydrogens is 374 g/mol. The van der Waals surface area contributed by atoms with E-state index >= 15 is 0 Å². The van der Waals surface area contributed by atoms with Gasteiger partial charge in [-0.15, -0.1) is 0 Å². The van der Waals surface area contributed by atoms with Crippen molar-refractivity contribution in [3.05, 3.63) is 77.4 Å². The van der Waals surface area contributed by atoms with Crippen LogP contribution in [-0.2, 0) is 4.79 Å². The molecule has 4 rings (SSSR count). The number of H-pyrrole nitrogens is 1. The second-order valence-corrected chi connectivity index (χ2v) is 7.16. The van der Waals surface area contributed by atoms with Gasteiger partial charge < -0.3 is 14.9 Å². The van der Waals surface area contributed by atoms with E-state index in [0.29, 0.717) is 11.4 Å². The normalized spacial score (nSPS) is 11.5. The average Bonchev–Trinajstić information content (AvgIpc) is 3.27. The summed E-state index contributed by atoms with van der Waals surface area (Å²) >= 11 is 0. The number of carbonyl (C=O) groups is 1. The number of para-hydroxylation sites is 2. The maximum atomic E-state index is 11.2. The van der Waals surface area contributed by atoms with Crippen LogP contribution in [0.2, 0.25) is 0 Å². The fraction of sp³-hybridized carbons (Fsp3) is 0.125. The zero-order valence-corrected chi connectivity index (χ0v) is 17.0. The lowest BCUT2D eigenvalue weighted by Gasteiger charge is -2.11. The maximum absolute atomic E-state index is 11.2. The molecule has 2 heterocycles. The van der Waals surface area contributed by atoms with E-state index in [4.69, 9.17) is 0 Å². The topological polar surface area (TPSA) is 86.5 Å². The minimum Gasteiger partial charge on any atom is -0.337 e. The molecule has 0 radical (unpaired) electrons. The molecule has 6 nitrogen and oxygen atoms in total. The van der Waals surface area contributed by atoms with Crippen LogP contribution in [0.3, 0.4) is 0 Å². The van der Waals surface area contributed by atoms with Gasteiger partial charge in [0.2, 0.25) is 5.91 Å². The minimum atomic E-state index is -0.0990. The number of aromatic amines is 1. The fourth-order valence-corrected chi connectivity index (χ4v) is 3.62. The number of nitriles is 1. The van der Waals surface area contributed by atoms with E-state index in [1.807, 2.05) is 68.5 Å². The SMILES string of the molecule is CC(=O)Nc1ccc(-n2c(C)cc(/C=C(\C#N)c3nc4ccccc4[nH]3)c2C)cc1. The van der Waals surface area contributed by atoms with Crippen LogP contribution in [0.15, 0.2) is 54.6 Å². The third-order valence-corrected chi connectivity index (χ3v) is 4.98. The largest absolute Gasteiger partial charge is 0.337 e. The lowest BCUT2D eigenvalue weighted by molar-refractivity contribution is -0.114. The van der Waals surface area contributed by atoms with E-state index in [-0.39, 0.29) is 5.91 Å². The molecule has 0 unspecified atom stereocenters. The number of aromatic nitrogens is 3. The van der Waals surface area contributed by atoms with E-state index in [0.717, 1.165) is 39.4 Å². The second-order valence-electron chi connectivity index (χ2n) is 7.16. The Morgan fingerprint density at radius 2 is 1.90 bits per heavy atom. The number of anilines is 1. The van der Waals surface area contributed by atoms with E-state index in [9.17, 15) is 10.1 Å². The summed E-state index contributed by atoms with van der Waals surface area (Å²) < 4.78 is 2.12. The van der Waals surface area contributed by atoms with Crippen molar-refractivity contribution in [3.63, 3.8) is 0 Å². The van der Waals surface area contributed by atoms with Crippen LogP contribution in [0.1, 0.15) is 29.7 Å². The van der Waals surface area contributed by atoms with Gasteiger partial charge in [-0.1, -0.05) is 12.1 Å². The van der Waals surface area contributed by atoms with Gasteiger partial charge in [-0.05, 0) is 68.0 Å². The molecule has 0 saturated carbocycles. The molecule has 0 aliphatic rings. The van der Waals surface area contributed by atoms with Crippen molar-refractivity contribution in [1.82, 2.24) is 14.5 Å². The molecule has 0 spiro atoms. The van der Waals surface area contributed by atoms with Crippen molar-refractivity contribution >= 4 is 34.3 Å². The van der Waals surface area contributed by atoms with Crippen molar-refractivity contribution in [2.24, 2.45) is 0 Å². The van der Waals surface area contributed by atoms with Crippen molar-refractivity contribution in [2.75, 3.05) is 5.32 Å². The summed E-state index contributed by atoms with van der Waals surface area (Å²) in [6, 6.07) is 19.7. The molecule has 0 saturated heterocycles. The molecule has 6 heteroatoms. The number of nitrogens with zero attached hydrogens (tertiary/aromatic N) is 3.